The molecule has 2 rings (SSSR count). The standard InChI is InChI=1S/C14H24N2S/c1-2-7-15-11-13-6-4-3-5-12(13)10-14-16-8-9-17-14/h8-9,12-13,15H,2-7,10-11H2,1H3. The quantitative estimate of drug-likeness (QED) is 0.784. The fraction of sp³-hybridized carbons (Fsp3) is 0.786. The fourth-order valence-corrected chi connectivity index (χ4v) is 3.58. The second-order valence-corrected chi connectivity index (χ2v) is 6.12. The van der Waals surface area contributed by atoms with Crippen LogP contribution in [0.1, 0.15) is 44.0 Å². The van der Waals surface area contributed by atoms with Crippen molar-refractivity contribution in [3.05, 3.63) is 16.6 Å². The predicted molar refractivity (Wildman–Crippen MR) is 74.4 cm³/mol. The number of aromatic nitrogens is 1. The predicted octanol–water partition coefficient (Wildman–Crippen LogP) is 3.49. The first-order chi connectivity index (χ1) is 8.40. The number of nitrogens with zero attached hydrogens (tertiary/aromatic N) is 1. The normalized spacial score (nSPS) is 25.0. The average Bonchev–Trinajstić information content (AvgIpc) is 2.84. The van der Waals surface area contributed by atoms with Crippen LogP contribution in [0.4, 0.5) is 0 Å². The van der Waals surface area contributed by atoms with Gasteiger partial charge in [0, 0.05) is 18.0 Å². The van der Waals surface area contributed by atoms with Crippen LogP contribution in [0.3, 0.4) is 0 Å². The van der Waals surface area contributed by atoms with E-state index in [1.165, 1.54) is 56.6 Å². The zero-order valence-electron chi connectivity index (χ0n) is 10.8. The summed E-state index contributed by atoms with van der Waals surface area (Å²) in [5.74, 6) is 1.73. The van der Waals surface area contributed by atoms with E-state index in [2.05, 4.69) is 22.6 Å². The Kier molecular flexibility index (Phi) is 5.46. The zero-order chi connectivity index (χ0) is 11.9. The van der Waals surface area contributed by atoms with Crippen LogP contribution in [0.2, 0.25) is 0 Å². The first-order valence-electron chi connectivity index (χ1n) is 6.99. The van der Waals surface area contributed by atoms with E-state index in [-0.39, 0.29) is 0 Å². The average molecular weight is 252 g/mol. The van der Waals surface area contributed by atoms with Crippen molar-refractivity contribution in [3.63, 3.8) is 0 Å². The van der Waals surface area contributed by atoms with E-state index in [0.29, 0.717) is 0 Å². The van der Waals surface area contributed by atoms with Gasteiger partial charge in [0.2, 0.25) is 0 Å². The lowest BCUT2D eigenvalue weighted by molar-refractivity contribution is 0.228. The molecule has 3 heteroatoms. The first kappa shape index (κ1) is 13.0. The minimum absolute atomic E-state index is 0.860. The van der Waals surface area contributed by atoms with Crippen LogP contribution < -0.4 is 5.32 Å². The van der Waals surface area contributed by atoms with Crippen LogP contribution in [-0.4, -0.2) is 18.1 Å². The van der Waals surface area contributed by atoms with Gasteiger partial charge in [-0.25, -0.2) is 4.98 Å². The molecule has 2 unspecified atom stereocenters. The molecular formula is C14H24N2S. The van der Waals surface area contributed by atoms with Gasteiger partial charge in [0.15, 0.2) is 0 Å². The lowest BCUT2D eigenvalue weighted by atomic mass is 9.77. The molecule has 1 aromatic heterocycles. The Morgan fingerprint density at radius 2 is 2.18 bits per heavy atom. The first-order valence-corrected chi connectivity index (χ1v) is 7.87. The van der Waals surface area contributed by atoms with Crippen LogP contribution in [-0.2, 0) is 6.42 Å². The highest BCUT2D eigenvalue weighted by Gasteiger charge is 2.25. The monoisotopic (exact) mass is 252 g/mol. The third kappa shape index (κ3) is 4.07. The molecule has 0 radical (unpaired) electrons. The maximum absolute atomic E-state index is 4.44. The van der Waals surface area contributed by atoms with Crippen molar-refractivity contribution in [1.82, 2.24) is 10.3 Å². The van der Waals surface area contributed by atoms with E-state index in [4.69, 9.17) is 0 Å². The summed E-state index contributed by atoms with van der Waals surface area (Å²) in [6, 6.07) is 0. The van der Waals surface area contributed by atoms with E-state index in [0.717, 1.165) is 11.8 Å². The summed E-state index contributed by atoms with van der Waals surface area (Å²) in [6.07, 6.45) is 10.0. The molecule has 1 fully saturated rings. The number of hydrogen-bond acceptors (Lipinski definition) is 3. The Morgan fingerprint density at radius 3 is 2.88 bits per heavy atom. The van der Waals surface area contributed by atoms with Crippen molar-refractivity contribution >= 4 is 11.3 Å². The molecule has 0 saturated heterocycles. The molecule has 96 valence electrons. The Bertz CT molecular complexity index is 297. The molecule has 0 spiro atoms. The largest absolute Gasteiger partial charge is 0.316 e. The second kappa shape index (κ2) is 7.12. The van der Waals surface area contributed by atoms with Crippen LogP contribution in [0, 0.1) is 11.8 Å². The molecule has 2 atom stereocenters. The third-order valence-electron chi connectivity index (χ3n) is 3.82. The van der Waals surface area contributed by atoms with E-state index < -0.39 is 0 Å². The summed E-state index contributed by atoms with van der Waals surface area (Å²) in [5.41, 5.74) is 0. The molecule has 0 aromatic carbocycles. The summed E-state index contributed by atoms with van der Waals surface area (Å²) in [4.78, 5) is 4.44. The number of thiazole rings is 1. The maximum atomic E-state index is 4.44. The van der Waals surface area contributed by atoms with Gasteiger partial charge in [0.25, 0.3) is 0 Å². The summed E-state index contributed by atoms with van der Waals surface area (Å²) in [5, 5.41) is 7.03. The van der Waals surface area contributed by atoms with Gasteiger partial charge in [0.1, 0.15) is 0 Å². The van der Waals surface area contributed by atoms with Crippen LogP contribution in [0.25, 0.3) is 0 Å². The lowest BCUT2D eigenvalue weighted by Crippen LogP contribution is -2.32. The molecule has 1 saturated carbocycles. The van der Waals surface area contributed by atoms with Crippen molar-refractivity contribution in [2.24, 2.45) is 11.8 Å². The van der Waals surface area contributed by atoms with E-state index in [1.54, 1.807) is 0 Å². The molecule has 2 nitrogen and oxygen atoms in total. The highest BCUT2D eigenvalue weighted by Crippen LogP contribution is 2.32. The number of rotatable bonds is 6. The van der Waals surface area contributed by atoms with Gasteiger partial charge in [0.05, 0.1) is 5.01 Å². The topological polar surface area (TPSA) is 24.9 Å². The Balaban J connectivity index is 1.83. The fourth-order valence-electron chi connectivity index (χ4n) is 2.86. The van der Waals surface area contributed by atoms with E-state index >= 15 is 0 Å². The SMILES string of the molecule is CCCNCC1CCCCC1Cc1nccs1. The van der Waals surface area contributed by atoms with Crippen molar-refractivity contribution in [3.8, 4) is 0 Å². The number of nitrogens with one attached hydrogen (secondary N) is 1. The third-order valence-corrected chi connectivity index (χ3v) is 4.62. The highest BCUT2D eigenvalue weighted by molar-refractivity contribution is 7.09. The van der Waals surface area contributed by atoms with Crippen molar-refractivity contribution in [2.75, 3.05) is 13.1 Å². The van der Waals surface area contributed by atoms with Gasteiger partial charge in [-0.1, -0.05) is 19.8 Å². The molecule has 1 aromatic rings. The van der Waals surface area contributed by atoms with Gasteiger partial charge in [-0.2, -0.15) is 0 Å². The molecule has 1 aliphatic rings. The van der Waals surface area contributed by atoms with Crippen LogP contribution in [0.5, 0.6) is 0 Å². The Hall–Kier alpha value is -0.410. The van der Waals surface area contributed by atoms with Crippen molar-refractivity contribution in [2.45, 2.75) is 45.4 Å². The molecule has 0 amide bonds. The van der Waals surface area contributed by atoms with Gasteiger partial charge in [-0.05, 0) is 44.2 Å². The van der Waals surface area contributed by atoms with Gasteiger partial charge in [-0.3, -0.25) is 0 Å². The maximum Gasteiger partial charge on any atom is 0.0927 e. The minimum atomic E-state index is 0.860. The van der Waals surface area contributed by atoms with Crippen LogP contribution in [0.15, 0.2) is 11.6 Å². The van der Waals surface area contributed by atoms with Gasteiger partial charge < -0.3 is 5.32 Å². The van der Waals surface area contributed by atoms with E-state index in [9.17, 15) is 0 Å². The summed E-state index contributed by atoms with van der Waals surface area (Å²) in [6.45, 7) is 4.62. The van der Waals surface area contributed by atoms with Gasteiger partial charge in [-0.15, -0.1) is 11.3 Å². The second-order valence-electron chi connectivity index (χ2n) is 5.14. The highest BCUT2D eigenvalue weighted by atomic mass is 32.1. The van der Waals surface area contributed by atoms with Crippen LogP contribution >= 0.6 is 11.3 Å². The zero-order valence-corrected chi connectivity index (χ0v) is 11.6. The Labute approximate surface area is 109 Å². The summed E-state index contributed by atoms with van der Waals surface area (Å²) >= 11 is 1.82. The molecule has 17 heavy (non-hydrogen) atoms. The summed E-state index contributed by atoms with van der Waals surface area (Å²) in [7, 11) is 0. The van der Waals surface area contributed by atoms with Crippen molar-refractivity contribution in [1.29, 1.82) is 0 Å². The summed E-state index contributed by atoms with van der Waals surface area (Å²) < 4.78 is 0. The molecule has 0 aliphatic heterocycles. The lowest BCUT2D eigenvalue weighted by Gasteiger charge is -2.31. The van der Waals surface area contributed by atoms with Gasteiger partial charge >= 0.3 is 0 Å². The van der Waals surface area contributed by atoms with Crippen molar-refractivity contribution < 1.29 is 0 Å². The van der Waals surface area contributed by atoms with E-state index in [1.807, 2.05) is 17.5 Å². The molecular weight excluding hydrogens is 228 g/mol. The number of hydrogen-bond donors (Lipinski definition) is 1. The smallest absolute Gasteiger partial charge is 0.0927 e. The Morgan fingerprint density at radius 1 is 1.35 bits per heavy atom. The molecule has 0 bridgehead atoms. The molecule has 1 heterocycles. The molecule has 1 aliphatic carbocycles. The molecule has 1 N–H and O–H groups in total. The minimum Gasteiger partial charge on any atom is -0.316 e.